The maximum absolute atomic E-state index is 12.9. The number of amides is 1. The first-order valence-electron chi connectivity index (χ1n) is 9.61. The molecule has 1 aromatic heterocycles. The van der Waals surface area contributed by atoms with Gasteiger partial charge in [-0.2, -0.15) is 5.10 Å². The maximum Gasteiger partial charge on any atom is 0.274 e. The summed E-state index contributed by atoms with van der Waals surface area (Å²) in [6.07, 6.45) is 2.15. The van der Waals surface area contributed by atoms with Gasteiger partial charge in [-0.05, 0) is 51.5 Å². The van der Waals surface area contributed by atoms with Crippen molar-refractivity contribution in [1.29, 1.82) is 0 Å². The third-order valence-corrected chi connectivity index (χ3v) is 4.66. The van der Waals surface area contributed by atoms with Crippen molar-refractivity contribution >= 4 is 5.91 Å². The first kappa shape index (κ1) is 20.0. The van der Waals surface area contributed by atoms with Crippen molar-refractivity contribution in [2.24, 2.45) is 5.92 Å². The van der Waals surface area contributed by atoms with Crippen molar-refractivity contribution in [3.8, 4) is 0 Å². The molecule has 0 aromatic carbocycles. The molecule has 0 N–H and O–H groups in total. The van der Waals surface area contributed by atoms with E-state index in [2.05, 4.69) is 53.6 Å². The molecular weight excluding hydrogens is 314 g/mol. The fraction of sp³-hybridized carbons (Fsp3) is 0.800. The number of aromatic nitrogens is 2. The molecule has 0 radical (unpaired) electrons. The number of rotatable bonds is 6. The van der Waals surface area contributed by atoms with Crippen LogP contribution < -0.4 is 0 Å². The molecule has 2 rings (SSSR count). The Kier molecular flexibility index (Phi) is 6.30. The van der Waals surface area contributed by atoms with E-state index < -0.39 is 0 Å². The van der Waals surface area contributed by atoms with Crippen molar-refractivity contribution in [2.75, 3.05) is 19.7 Å². The molecular formula is C20H35N3O2. The second kappa shape index (κ2) is 7.90. The Bertz CT molecular complexity index is 584. The van der Waals surface area contributed by atoms with Crippen LogP contribution in [0.15, 0.2) is 6.07 Å². The van der Waals surface area contributed by atoms with E-state index in [1.807, 2.05) is 15.6 Å². The maximum atomic E-state index is 12.9. The summed E-state index contributed by atoms with van der Waals surface area (Å²) in [6, 6.07) is 1.96. The number of hydrogen-bond donors (Lipinski definition) is 0. The second-order valence-corrected chi connectivity index (χ2v) is 8.91. The molecule has 1 aromatic rings. The molecule has 0 spiro atoms. The Balaban J connectivity index is 2.04. The molecule has 1 saturated heterocycles. The molecule has 142 valence electrons. The quantitative estimate of drug-likeness (QED) is 0.779. The fourth-order valence-electron chi connectivity index (χ4n) is 3.13. The first-order valence-corrected chi connectivity index (χ1v) is 9.61. The van der Waals surface area contributed by atoms with Crippen LogP contribution in [0.1, 0.15) is 83.4 Å². The lowest BCUT2D eigenvalue weighted by Gasteiger charge is -2.23. The molecule has 5 nitrogen and oxygen atoms in total. The lowest BCUT2D eigenvalue weighted by atomic mass is 10.1. The van der Waals surface area contributed by atoms with E-state index in [0.717, 1.165) is 31.7 Å². The van der Waals surface area contributed by atoms with Crippen LogP contribution in [0.2, 0.25) is 0 Å². The molecule has 1 aliphatic heterocycles. The van der Waals surface area contributed by atoms with Crippen LogP contribution in [-0.4, -0.2) is 46.4 Å². The van der Waals surface area contributed by atoms with Crippen LogP contribution in [0.25, 0.3) is 0 Å². The largest absolute Gasteiger partial charge is 0.376 e. The van der Waals surface area contributed by atoms with Crippen molar-refractivity contribution in [2.45, 2.75) is 78.9 Å². The Morgan fingerprint density at radius 3 is 2.52 bits per heavy atom. The van der Waals surface area contributed by atoms with Gasteiger partial charge in [-0.3, -0.25) is 9.48 Å². The van der Waals surface area contributed by atoms with Gasteiger partial charge in [0.2, 0.25) is 0 Å². The number of carbonyl (C=O) groups is 1. The minimum Gasteiger partial charge on any atom is -0.376 e. The predicted octanol–water partition coefficient (Wildman–Crippen LogP) is 4.04. The summed E-state index contributed by atoms with van der Waals surface area (Å²) in [4.78, 5) is 14.8. The van der Waals surface area contributed by atoms with Gasteiger partial charge >= 0.3 is 0 Å². The summed E-state index contributed by atoms with van der Waals surface area (Å²) >= 11 is 0. The van der Waals surface area contributed by atoms with Crippen LogP contribution in [0.4, 0.5) is 0 Å². The summed E-state index contributed by atoms with van der Waals surface area (Å²) in [5, 5.41) is 4.64. The standard InChI is InChI=1S/C20H35N3O2/c1-14(2)9-11-25-16-8-10-22(13-16)19(24)17-12-18(15(3)4)23(21-17)20(5,6)7/h12,14-16H,8-11,13H2,1-7H3/t16-/m0/s1. The third kappa shape index (κ3) is 5.06. The van der Waals surface area contributed by atoms with Gasteiger partial charge in [0, 0.05) is 25.4 Å². The third-order valence-electron chi connectivity index (χ3n) is 4.66. The van der Waals surface area contributed by atoms with Gasteiger partial charge in [0.1, 0.15) is 0 Å². The van der Waals surface area contributed by atoms with Crippen LogP contribution in [0, 0.1) is 5.92 Å². The van der Waals surface area contributed by atoms with E-state index in [1.54, 1.807) is 0 Å². The molecule has 1 aliphatic rings. The lowest BCUT2D eigenvalue weighted by molar-refractivity contribution is 0.0482. The zero-order valence-corrected chi connectivity index (χ0v) is 17.0. The van der Waals surface area contributed by atoms with Crippen LogP contribution in [0.3, 0.4) is 0 Å². The Hall–Kier alpha value is -1.36. The highest BCUT2D eigenvalue weighted by atomic mass is 16.5. The molecule has 0 unspecified atom stereocenters. The van der Waals surface area contributed by atoms with Crippen LogP contribution in [-0.2, 0) is 10.3 Å². The molecule has 0 saturated carbocycles. The fourth-order valence-corrected chi connectivity index (χ4v) is 3.13. The average Bonchev–Trinajstić information content (AvgIpc) is 3.12. The van der Waals surface area contributed by atoms with Crippen molar-refractivity contribution < 1.29 is 9.53 Å². The van der Waals surface area contributed by atoms with Crippen LogP contribution in [0.5, 0.6) is 0 Å². The van der Waals surface area contributed by atoms with Gasteiger partial charge in [-0.25, -0.2) is 0 Å². The Morgan fingerprint density at radius 1 is 1.32 bits per heavy atom. The topological polar surface area (TPSA) is 47.4 Å². The monoisotopic (exact) mass is 349 g/mol. The van der Waals surface area contributed by atoms with Crippen LogP contribution >= 0.6 is 0 Å². The zero-order valence-electron chi connectivity index (χ0n) is 17.0. The molecule has 5 heteroatoms. The van der Waals surface area contributed by atoms with E-state index in [4.69, 9.17) is 4.74 Å². The smallest absolute Gasteiger partial charge is 0.274 e. The summed E-state index contributed by atoms with van der Waals surface area (Å²) < 4.78 is 7.93. The number of hydrogen-bond acceptors (Lipinski definition) is 3. The Labute approximate surface area is 152 Å². The van der Waals surface area contributed by atoms with Gasteiger partial charge in [0.25, 0.3) is 5.91 Å². The van der Waals surface area contributed by atoms with Crippen molar-refractivity contribution in [3.05, 3.63) is 17.5 Å². The summed E-state index contributed by atoms with van der Waals surface area (Å²) in [7, 11) is 0. The van der Waals surface area contributed by atoms with Gasteiger partial charge < -0.3 is 9.64 Å². The minimum atomic E-state index is -0.133. The van der Waals surface area contributed by atoms with E-state index in [0.29, 0.717) is 24.1 Å². The number of carbonyl (C=O) groups excluding carboxylic acids is 1. The highest BCUT2D eigenvalue weighted by Crippen LogP contribution is 2.25. The molecule has 1 atom stereocenters. The van der Waals surface area contributed by atoms with Gasteiger partial charge in [0.05, 0.1) is 11.6 Å². The van der Waals surface area contributed by atoms with E-state index in [1.165, 1.54) is 0 Å². The van der Waals surface area contributed by atoms with E-state index >= 15 is 0 Å². The SMILES string of the molecule is CC(C)CCO[C@H]1CCN(C(=O)c2cc(C(C)C)n(C(C)(C)C)n2)C1. The predicted molar refractivity (Wildman–Crippen MR) is 101 cm³/mol. The second-order valence-electron chi connectivity index (χ2n) is 8.91. The number of likely N-dealkylation sites (tertiary alicyclic amines) is 1. The van der Waals surface area contributed by atoms with Crippen molar-refractivity contribution in [1.82, 2.24) is 14.7 Å². The first-order chi connectivity index (χ1) is 11.6. The van der Waals surface area contributed by atoms with Gasteiger partial charge in [-0.1, -0.05) is 27.7 Å². The molecule has 1 amide bonds. The normalized spacial score (nSPS) is 18.6. The summed E-state index contributed by atoms with van der Waals surface area (Å²) in [5.74, 6) is 1.01. The molecule has 2 heterocycles. The van der Waals surface area contributed by atoms with Gasteiger partial charge in [-0.15, -0.1) is 0 Å². The van der Waals surface area contributed by atoms with Gasteiger partial charge in [0.15, 0.2) is 5.69 Å². The highest BCUT2D eigenvalue weighted by Gasteiger charge is 2.30. The highest BCUT2D eigenvalue weighted by molar-refractivity contribution is 5.92. The Morgan fingerprint density at radius 2 is 2.00 bits per heavy atom. The van der Waals surface area contributed by atoms with Crippen molar-refractivity contribution in [3.63, 3.8) is 0 Å². The minimum absolute atomic E-state index is 0.0276. The summed E-state index contributed by atoms with van der Waals surface area (Å²) in [6.45, 7) is 17.3. The molecule has 1 fully saturated rings. The summed E-state index contributed by atoms with van der Waals surface area (Å²) in [5.41, 5.74) is 1.53. The molecule has 0 bridgehead atoms. The van der Waals surface area contributed by atoms with E-state index in [9.17, 15) is 4.79 Å². The lowest BCUT2D eigenvalue weighted by Crippen LogP contribution is -2.31. The zero-order chi connectivity index (χ0) is 18.8. The van der Waals surface area contributed by atoms with E-state index in [-0.39, 0.29) is 17.6 Å². The number of ether oxygens (including phenoxy) is 1. The number of nitrogens with zero attached hydrogens (tertiary/aromatic N) is 3. The average molecular weight is 350 g/mol. The molecule has 0 aliphatic carbocycles. The molecule has 25 heavy (non-hydrogen) atoms.